The molecule has 3 heteroatoms. The van der Waals surface area contributed by atoms with Gasteiger partial charge in [-0.15, -0.1) is 0 Å². The third kappa shape index (κ3) is 2.04. The number of benzene rings is 1. The van der Waals surface area contributed by atoms with Crippen LogP contribution in [0.3, 0.4) is 0 Å². The summed E-state index contributed by atoms with van der Waals surface area (Å²) in [6.07, 6.45) is 0.772. The lowest BCUT2D eigenvalue weighted by Gasteiger charge is -2.17. The van der Waals surface area contributed by atoms with Crippen molar-refractivity contribution in [2.45, 2.75) is 12.5 Å². The van der Waals surface area contributed by atoms with Crippen LogP contribution < -0.4 is 5.73 Å². The van der Waals surface area contributed by atoms with E-state index >= 15 is 0 Å². The van der Waals surface area contributed by atoms with Crippen LogP contribution in [0, 0.1) is 5.92 Å². The van der Waals surface area contributed by atoms with Gasteiger partial charge in [-0.3, -0.25) is 0 Å². The molecule has 0 aliphatic carbocycles. The van der Waals surface area contributed by atoms with Gasteiger partial charge in [0.1, 0.15) is 0 Å². The monoisotopic (exact) mass is 209 g/mol. The Morgan fingerprint density at radius 1 is 1.50 bits per heavy atom. The van der Waals surface area contributed by atoms with Crippen molar-refractivity contribution >= 4 is 17.4 Å². The summed E-state index contributed by atoms with van der Waals surface area (Å²) in [5.41, 5.74) is 7.36. The Labute approximate surface area is 88.5 Å². The third-order valence-electron chi connectivity index (χ3n) is 2.66. The maximum absolute atomic E-state index is 10.1. The van der Waals surface area contributed by atoms with Crippen LogP contribution in [0.1, 0.15) is 18.1 Å². The molecule has 0 amide bonds. The predicted octanol–water partition coefficient (Wildman–Crippen LogP) is 2.06. The molecule has 1 aromatic carbocycles. The first-order valence-electron chi connectivity index (χ1n) is 4.88. The summed E-state index contributed by atoms with van der Waals surface area (Å²) in [6, 6.07) is 7.56. The van der Waals surface area contributed by atoms with Gasteiger partial charge in [-0.1, -0.05) is 12.1 Å². The Bertz CT molecular complexity index is 310. The molecule has 1 fully saturated rings. The minimum absolute atomic E-state index is 0.339. The summed E-state index contributed by atoms with van der Waals surface area (Å²) < 4.78 is 0. The summed E-state index contributed by atoms with van der Waals surface area (Å²) in [7, 11) is 0. The fourth-order valence-corrected chi connectivity index (χ4v) is 3.10. The molecule has 0 radical (unpaired) electrons. The van der Waals surface area contributed by atoms with Crippen molar-refractivity contribution in [1.29, 1.82) is 0 Å². The van der Waals surface area contributed by atoms with Gasteiger partial charge in [0.25, 0.3) is 0 Å². The second-order valence-electron chi connectivity index (χ2n) is 3.74. The van der Waals surface area contributed by atoms with E-state index in [1.807, 2.05) is 36.0 Å². The fraction of sp³-hybridized carbons (Fsp3) is 0.455. The lowest BCUT2D eigenvalue weighted by atomic mass is 9.95. The molecule has 2 unspecified atom stereocenters. The van der Waals surface area contributed by atoms with E-state index < -0.39 is 0 Å². The van der Waals surface area contributed by atoms with Gasteiger partial charge in [0, 0.05) is 5.69 Å². The fourth-order valence-electron chi connectivity index (χ4n) is 1.82. The highest BCUT2D eigenvalue weighted by Gasteiger charge is 2.24. The zero-order chi connectivity index (χ0) is 9.97. The standard InChI is InChI=1S/C11H15NOS/c12-10-3-1-2-8(6-10)11(13)9-4-5-14-7-9/h1-3,6,9,11,13H,4-5,7,12H2. The average molecular weight is 209 g/mol. The quantitative estimate of drug-likeness (QED) is 0.733. The summed E-state index contributed by atoms with van der Waals surface area (Å²) >= 11 is 1.92. The zero-order valence-electron chi connectivity index (χ0n) is 8.02. The van der Waals surface area contributed by atoms with Crippen molar-refractivity contribution < 1.29 is 5.11 Å². The van der Waals surface area contributed by atoms with Gasteiger partial charge in [0.05, 0.1) is 6.10 Å². The largest absolute Gasteiger partial charge is 0.399 e. The van der Waals surface area contributed by atoms with Crippen molar-refractivity contribution in [1.82, 2.24) is 0 Å². The second-order valence-corrected chi connectivity index (χ2v) is 4.89. The zero-order valence-corrected chi connectivity index (χ0v) is 8.83. The first-order chi connectivity index (χ1) is 6.77. The van der Waals surface area contributed by atoms with E-state index in [0.29, 0.717) is 5.92 Å². The topological polar surface area (TPSA) is 46.2 Å². The average Bonchev–Trinajstić information content (AvgIpc) is 2.69. The van der Waals surface area contributed by atoms with Crippen LogP contribution in [0.15, 0.2) is 24.3 Å². The molecule has 0 bridgehead atoms. The lowest BCUT2D eigenvalue weighted by molar-refractivity contribution is 0.121. The minimum atomic E-state index is -0.339. The van der Waals surface area contributed by atoms with Gasteiger partial charge in [-0.05, 0) is 41.5 Å². The highest BCUT2D eigenvalue weighted by molar-refractivity contribution is 7.99. The maximum Gasteiger partial charge on any atom is 0.0827 e. The number of rotatable bonds is 2. The number of aliphatic hydroxyl groups excluding tert-OH is 1. The summed E-state index contributed by atoms with van der Waals surface area (Å²) in [5.74, 6) is 2.64. The van der Waals surface area contributed by atoms with Gasteiger partial charge >= 0.3 is 0 Å². The van der Waals surface area contributed by atoms with E-state index in [0.717, 1.165) is 23.4 Å². The van der Waals surface area contributed by atoms with Crippen molar-refractivity contribution in [2.75, 3.05) is 17.2 Å². The molecule has 76 valence electrons. The lowest BCUT2D eigenvalue weighted by Crippen LogP contribution is -2.11. The second kappa shape index (κ2) is 4.24. The maximum atomic E-state index is 10.1. The molecule has 0 spiro atoms. The van der Waals surface area contributed by atoms with Crippen molar-refractivity contribution in [3.8, 4) is 0 Å². The van der Waals surface area contributed by atoms with Crippen LogP contribution in [0.4, 0.5) is 5.69 Å². The van der Waals surface area contributed by atoms with Crippen LogP contribution in [0.5, 0.6) is 0 Å². The van der Waals surface area contributed by atoms with Gasteiger partial charge in [0.2, 0.25) is 0 Å². The Morgan fingerprint density at radius 3 is 3.00 bits per heavy atom. The molecular formula is C11H15NOS. The molecule has 2 rings (SSSR count). The molecule has 2 nitrogen and oxygen atoms in total. The third-order valence-corrected chi connectivity index (χ3v) is 3.85. The first kappa shape index (κ1) is 9.87. The molecule has 0 saturated carbocycles. The Kier molecular flexibility index (Phi) is 2.99. The minimum Gasteiger partial charge on any atom is -0.399 e. The van der Waals surface area contributed by atoms with Crippen LogP contribution in [0.25, 0.3) is 0 Å². The van der Waals surface area contributed by atoms with E-state index in [2.05, 4.69) is 0 Å². The number of nitrogens with two attached hydrogens (primary N) is 1. The molecule has 3 N–H and O–H groups in total. The van der Waals surface area contributed by atoms with Gasteiger partial charge in [-0.2, -0.15) is 11.8 Å². The Hall–Kier alpha value is -0.670. The summed E-state index contributed by atoms with van der Waals surface area (Å²) in [4.78, 5) is 0. The van der Waals surface area contributed by atoms with Crippen LogP contribution in [0.2, 0.25) is 0 Å². The van der Waals surface area contributed by atoms with Gasteiger partial charge in [-0.25, -0.2) is 0 Å². The summed E-state index contributed by atoms with van der Waals surface area (Å²) in [6.45, 7) is 0. The Balaban J connectivity index is 2.13. The molecular weight excluding hydrogens is 194 g/mol. The van der Waals surface area contributed by atoms with Crippen molar-refractivity contribution in [3.05, 3.63) is 29.8 Å². The Morgan fingerprint density at radius 2 is 2.36 bits per heavy atom. The molecule has 1 aliphatic heterocycles. The molecule has 1 aromatic rings. The SMILES string of the molecule is Nc1cccc(C(O)C2CCSC2)c1. The van der Waals surface area contributed by atoms with Gasteiger partial charge in [0.15, 0.2) is 0 Å². The number of anilines is 1. The first-order valence-corrected chi connectivity index (χ1v) is 6.04. The van der Waals surface area contributed by atoms with Gasteiger partial charge < -0.3 is 10.8 Å². The number of hydrogen-bond donors (Lipinski definition) is 2. The molecule has 1 saturated heterocycles. The van der Waals surface area contributed by atoms with E-state index in [4.69, 9.17) is 5.73 Å². The van der Waals surface area contributed by atoms with E-state index in [1.54, 1.807) is 0 Å². The van der Waals surface area contributed by atoms with E-state index in [1.165, 1.54) is 5.75 Å². The molecule has 14 heavy (non-hydrogen) atoms. The molecule has 2 atom stereocenters. The summed E-state index contributed by atoms with van der Waals surface area (Å²) in [5, 5.41) is 10.1. The van der Waals surface area contributed by atoms with Crippen LogP contribution >= 0.6 is 11.8 Å². The normalized spacial score (nSPS) is 23.6. The molecule has 1 heterocycles. The van der Waals surface area contributed by atoms with Crippen molar-refractivity contribution in [2.24, 2.45) is 5.92 Å². The van der Waals surface area contributed by atoms with E-state index in [-0.39, 0.29) is 6.10 Å². The number of aliphatic hydroxyl groups is 1. The van der Waals surface area contributed by atoms with Crippen LogP contribution in [-0.4, -0.2) is 16.6 Å². The highest BCUT2D eigenvalue weighted by Crippen LogP contribution is 2.34. The van der Waals surface area contributed by atoms with Crippen LogP contribution in [-0.2, 0) is 0 Å². The molecule has 0 aromatic heterocycles. The van der Waals surface area contributed by atoms with E-state index in [9.17, 15) is 5.11 Å². The number of thioether (sulfide) groups is 1. The molecule has 1 aliphatic rings. The highest BCUT2D eigenvalue weighted by atomic mass is 32.2. The smallest absolute Gasteiger partial charge is 0.0827 e. The predicted molar refractivity (Wildman–Crippen MR) is 61.2 cm³/mol. The van der Waals surface area contributed by atoms with Crippen molar-refractivity contribution in [3.63, 3.8) is 0 Å². The number of nitrogen functional groups attached to an aromatic ring is 1. The number of hydrogen-bond acceptors (Lipinski definition) is 3.